The van der Waals surface area contributed by atoms with Crippen LogP contribution in [-0.4, -0.2) is 30.4 Å². The lowest BCUT2D eigenvalue weighted by Crippen LogP contribution is -2.37. The van der Waals surface area contributed by atoms with Crippen molar-refractivity contribution >= 4 is 11.6 Å². The molecule has 1 N–H and O–H groups in total. The van der Waals surface area contributed by atoms with Gasteiger partial charge in [-0.05, 0) is 38.6 Å². The van der Waals surface area contributed by atoms with Gasteiger partial charge in [0, 0.05) is 5.69 Å². The van der Waals surface area contributed by atoms with Gasteiger partial charge in [0.2, 0.25) is 5.91 Å². The number of nitrogens with one attached hydrogen (secondary N) is 1. The molecule has 1 amide bonds. The van der Waals surface area contributed by atoms with Gasteiger partial charge in [0.05, 0.1) is 6.04 Å². The first-order valence-electron chi connectivity index (χ1n) is 5.33. The van der Waals surface area contributed by atoms with E-state index in [9.17, 15) is 4.79 Å². The number of hydrogen-bond acceptors (Lipinski definition) is 2. The van der Waals surface area contributed by atoms with Crippen LogP contribution in [0, 0.1) is 0 Å². The molecule has 1 aliphatic heterocycles. The normalized spacial score (nSPS) is 21.5. The van der Waals surface area contributed by atoms with E-state index in [0.717, 1.165) is 25.1 Å². The van der Waals surface area contributed by atoms with E-state index >= 15 is 0 Å². The van der Waals surface area contributed by atoms with Gasteiger partial charge >= 0.3 is 0 Å². The van der Waals surface area contributed by atoms with Crippen molar-refractivity contribution in [3.63, 3.8) is 0 Å². The summed E-state index contributed by atoms with van der Waals surface area (Å²) < 4.78 is 0. The number of rotatable bonds is 2. The maximum absolute atomic E-state index is 11.9. The Morgan fingerprint density at radius 3 is 2.73 bits per heavy atom. The highest BCUT2D eigenvalue weighted by atomic mass is 16.2. The fourth-order valence-corrected chi connectivity index (χ4v) is 1.99. The molecule has 1 fully saturated rings. The van der Waals surface area contributed by atoms with Crippen LogP contribution in [-0.2, 0) is 4.79 Å². The number of nitrogens with zero attached hydrogens (tertiary/aromatic N) is 1. The summed E-state index contributed by atoms with van der Waals surface area (Å²) in [6.07, 6.45) is 2.08. The molecule has 1 aromatic carbocycles. The van der Waals surface area contributed by atoms with Crippen LogP contribution in [0.4, 0.5) is 5.69 Å². The molecule has 0 radical (unpaired) electrons. The molecule has 15 heavy (non-hydrogen) atoms. The van der Waals surface area contributed by atoms with Crippen LogP contribution >= 0.6 is 0 Å². The van der Waals surface area contributed by atoms with Gasteiger partial charge in [-0.3, -0.25) is 9.69 Å². The molecule has 0 spiro atoms. The number of para-hydroxylation sites is 1. The molecule has 0 aliphatic carbocycles. The molecule has 0 unspecified atom stereocenters. The van der Waals surface area contributed by atoms with E-state index < -0.39 is 0 Å². The highest BCUT2D eigenvalue weighted by Gasteiger charge is 2.27. The molecule has 1 aromatic rings. The predicted octanol–water partition coefficient (Wildman–Crippen LogP) is 1.72. The maximum atomic E-state index is 11.9. The van der Waals surface area contributed by atoms with Crippen molar-refractivity contribution in [1.29, 1.82) is 0 Å². The highest BCUT2D eigenvalue weighted by molar-refractivity contribution is 5.94. The molecular weight excluding hydrogens is 188 g/mol. The van der Waals surface area contributed by atoms with Crippen molar-refractivity contribution < 1.29 is 4.79 Å². The largest absolute Gasteiger partial charge is 0.325 e. The van der Waals surface area contributed by atoms with E-state index in [1.807, 2.05) is 37.4 Å². The zero-order valence-electron chi connectivity index (χ0n) is 8.94. The van der Waals surface area contributed by atoms with Crippen molar-refractivity contribution in [3.05, 3.63) is 30.3 Å². The van der Waals surface area contributed by atoms with Gasteiger partial charge in [-0.15, -0.1) is 0 Å². The Morgan fingerprint density at radius 2 is 2.13 bits per heavy atom. The summed E-state index contributed by atoms with van der Waals surface area (Å²) in [5.74, 6) is 0.112. The maximum Gasteiger partial charge on any atom is 0.241 e. The van der Waals surface area contributed by atoms with E-state index in [-0.39, 0.29) is 11.9 Å². The topological polar surface area (TPSA) is 32.3 Å². The second-order valence-electron chi connectivity index (χ2n) is 3.99. The molecular formula is C12H16N2O. The zero-order valence-corrected chi connectivity index (χ0v) is 8.94. The zero-order chi connectivity index (χ0) is 10.7. The Balaban J connectivity index is 1.98. The van der Waals surface area contributed by atoms with Gasteiger partial charge in [0.1, 0.15) is 0 Å². The quantitative estimate of drug-likeness (QED) is 0.795. The number of hydrogen-bond donors (Lipinski definition) is 1. The average Bonchev–Trinajstić information content (AvgIpc) is 2.66. The molecule has 1 atom stereocenters. The van der Waals surface area contributed by atoms with Gasteiger partial charge in [-0.2, -0.15) is 0 Å². The predicted molar refractivity (Wildman–Crippen MR) is 60.7 cm³/mol. The third-order valence-corrected chi connectivity index (χ3v) is 2.86. The first-order chi connectivity index (χ1) is 7.27. The molecule has 0 saturated carbocycles. The lowest BCUT2D eigenvalue weighted by Gasteiger charge is -2.18. The highest BCUT2D eigenvalue weighted by Crippen LogP contribution is 2.16. The molecule has 3 nitrogen and oxygen atoms in total. The lowest BCUT2D eigenvalue weighted by atomic mass is 10.2. The molecule has 1 saturated heterocycles. The Morgan fingerprint density at radius 1 is 1.40 bits per heavy atom. The summed E-state index contributed by atoms with van der Waals surface area (Å²) >= 11 is 0. The molecule has 1 aliphatic rings. The van der Waals surface area contributed by atoms with Gasteiger partial charge in [0.25, 0.3) is 0 Å². The van der Waals surface area contributed by atoms with E-state index in [0.29, 0.717) is 0 Å². The Hall–Kier alpha value is -1.35. The Kier molecular flexibility index (Phi) is 3.02. The third-order valence-electron chi connectivity index (χ3n) is 2.86. The van der Waals surface area contributed by atoms with Crippen LogP contribution in [0.15, 0.2) is 30.3 Å². The second-order valence-corrected chi connectivity index (χ2v) is 3.99. The van der Waals surface area contributed by atoms with E-state index in [4.69, 9.17) is 0 Å². The summed E-state index contributed by atoms with van der Waals surface area (Å²) in [4.78, 5) is 14.0. The minimum Gasteiger partial charge on any atom is -0.325 e. The van der Waals surface area contributed by atoms with Crippen molar-refractivity contribution in [1.82, 2.24) is 4.90 Å². The van der Waals surface area contributed by atoms with Crippen molar-refractivity contribution in [3.8, 4) is 0 Å². The van der Waals surface area contributed by atoms with Crippen LogP contribution in [0.1, 0.15) is 12.8 Å². The first kappa shape index (κ1) is 10.2. The number of anilines is 1. The molecule has 2 rings (SSSR count). The fourth-order valence-electron chi connectivity index (χ4n) is 1.99. The van der Waals surface area contributed by atoms with Gasteiger partial charge < -0.3 is 5.32 Å². The minimum absolute atomic E-state index is 0.0465. The number of carbonyl (C=O) groups is 1. The standard InChI is InChI=1S/C12H16N2O/c1-14-9-5-8-11(14)12(15)13-10-6-3-2-4-7-10/h2-4,6-7,11H,5,8-9H2,1H3,(H,13,15)/t11-/m0/s1. The monoisotopic (exact) mass is 204 g/mol. The smallest absolute Gasteiger partial charge is 0.241 e. The van der Waals surface area contributed by atoms with Gasteiger partial charge in [-0.1, -0.05) is 18.2 Å². The van der Waals surface area contributed by atoms with Crippen molar-refractivity contribution in [2.75, 3.05) is 18.9 Å². The van der Waals surface area contributed by atoms with Crippen LogP contribution in [0.2, 0.25) is 0 Å². The Labute approximate surface area is 90.1 Å². The third kappa shape index (κ3) is 2.36. The minimum atomic E-state index is 0.0465. The molecule has 3 heteroatoms. The van der Waals surface area contributed by atoms with Crippen molar-refractivity contribution in [2.45, 2.75) is 18.9 Å². The van der Waals surface area contributed by atoms with E-state index in [2.05, 4.69) is 10.2 Å². The molecule has 1 heterocycles. The second kappa shape index (κ2) is 4.45. The average molecular weight is 204 g/mol. The van der Waals surface area contributed by atoms with Gasteiger partial charge in [0.15, 0.2) is 0 Å². The summed E-state index contributed by atoms with van der Waals surface area (Å²) in [5, 5.41) is 2.93. The van der Waals surface area contributed by atoms with Crippen LogP contribution in [0.5, 0.6) is 0 Å². The van der Waals surface area contributed by atoms with Gasteiger partial charge in [-0.25, -0.2) is 0 Å². The van der Waals surface area contributed by atoms with E-state index in [1.54, 1.807) is 0 Å². The summed E-state index contributed by atoms with van der Waals surface area (Å²) in [7, 11) is 2.00. The lowest BCUT2D eigenvalue weighted by molar-refractivity contribution is -0.119. The van der Waals surface area contributed by atoms with Crippen LogP contribution < -0.4 is 5.32 Å². The van der Waals surface area contributed by atoms with Crippen LogP contribution in [0.3, 0.4) is 0 Å². The fraction of sp³-hybridized carbons (Fsp3) is 0.417. The number of benzene rings is 1. The number of amides is 1. The van der Waals surface area contributed by atoms with Crippen LogP contribution in [0.25, 0.3) is 0 Å². The number of likely N-dealkylation sites (N-methyl/N-ethyl adjacent to an activating group) is 1. The van der Waals surface area contributed by atoms with Crippen molar-refractivity contribution in [2.24, 2.45) is 0 Å². The molecule has 80 valence electrons. The SMILES string of the molecule is CN1CCC[C@H]1C(=O)Nc1ccccc1. The molecule has 0 aromatic heterocycles. The van der Waals surface area contributed by atoms with E-state index in [1.165, 1.54) is 0 Å². The summed E-state index contributed by atoms with van der Waals surface area (Å²) in [5.41, 5.74) is 0.878. The summed E-state index contributed by atoms with van der Waals surface area (Å²) in [6, 6.07) is 9.66. The Bertz CT molecular complexity index is 337. The number of carbonyl (C=O) groups excluding carboxylic acids is 1. The summed E-state index contributed by atoms with van der Waals surface area (Å²) in [6.45, 7) is 1.02. The number of likely N-dealkylation sites (tertiary alicyclic amines) is 1. The molecule has 0 bridgehead atoms. The first-order valence-corrected chi connectivity index (χ1v) is 5.33.